The summed E-state index contributed by atoms with van der Waals surface area (Å²) in [4.78, 5) is 2.02. The Labute approximate surface area is 117 Å². The standard InChI is InChI=1S/C16H31F2N/c1-4-6-8-9-10-12-15(3,11-7-5-2)19-13-16(17,18)14-19/h4-14H2,1-3H3. The molecule has 1 atom stereocenters. The van der Waals surface area contributed by atoms with Gasteiger partial charge in [0, 0.05) is 5.54 Å². The summed E-state index contributed by atoms with van der Waals surface area (Å²) < 4.78 is 26.2. The van der Waals surface area contributed by atoms with Crippen LogP contribution in [-0.4, -0.2) is 29.5 Å². The fraction of sp³-hybridized carbons (Fsp3) is 1.00. The first-order valence-electron chi connectivity index (χ1n) is 8.06. The summed E-state index contributed by atoms with van der Waals surface area (Å²) in [5.74, 6) is -2.43. The fourth-order valence-electron chi connectivity index (χ4n) is 3.00. The number of alkyl halides is 2. The Morgan fingerprint density at radius 2 is 1.42 bits per heavy atom. The van der Waals surface area contributed by atoms with Crippen LogP contribution in [0.1, 0.15) is 78.6 Å². The highest BCUT2D eigenvalue weighted by Gasteiger charge is 2.50. The quantitative estimate of drug-likeness (QED) is 0.492. The second kappa shape index (κ2) is 7.56. The molecule has 0 aromatic carbocycles. The lowest BCUT2D eigenvalue weighted by molar-refractivity contribution is -0.170. The highest BCUT2D eigenvalue weighted by atomic mass is 19.3. The Morgan fingerprint density at radius 1 is 0.895 bits per heavy atom. The number of halogens is 2. The molecule has 0 N–H and O–H groups in total. The minimum Gasteiger partial charge on any atom is -0.286 e. The molecule has 0 spiro atoms. The number of hydrogen-bond donors (Lipinski definition) is 0. The van der Waals surface area contributed by atoms with E-state index in [0.29, 0.717) is 0 Å². The van der Waals surface area contributed by atoms with Gasteiger partial charge in [-0.2, -0.15) is 0 Å². The molecular formula is C16H31F2N. The van der Waals surface area contributed by atoms with Gasteiger partial charge < -0.3 is 0 Å². The lowest BCUT2D eigenvalue weighted by Crippen LogP contribution is -2.64. The third-order valence-corrected chi connectivity index (χ3v) is 4.50. The lowest BCUT2D eigenvalue weighted by Gasteiger charge is -2.51. The zero-order chi connectivity index (χ0) is 14.4. The summed E-state index contributed by atoms with van der Waals surface area (Å²) in [6.07, 6.45) is 10.7. The predicted molar refractivity (Wildman–Crippen MR) is 77.8 cm³/mol. The SMILES string of the molecule is CCCCCCCC(C)(CCCC)N1CC(F)(F)C1. The highest BCUT2D eigenvalue weighted by Crippen LogP contribution is 2.38. The van der Waals surface area contributed by atoms with Crippen molar-refractivity contribution in [1.29, 1.82) is 0 Å². The van der Waals surface area contributed by atoms with Gasteiger partial charge in [0.05, 0.1) is 13.1 Å². The first-order chi connectivity index (χ1) is 8.93. The van der Waals surface area contributed by atoms with Gasteiger partial charge in [-0.3, -0.25) is 4.90 Å². The van der Waals surface area contributed by atoms with E-state index < -0.39 is 5.92 Å². The Bertz CT molecular complexity index is 247. The molecule has 0 amide bonds. The van der Waals surface area contributed by atoms with Crippen LogP contribution in [0.5, 0.6) is 0 Å². The van der Waals surface area contributed by atoms with Crippen molar-refractivity contribution in [1.82, 2.24) is 4.90 Å². The molecule has 0 aromatic rings. The summed E-state index contributed by atoms with van der Waals surface area (Å²) in [6, 6.07) is 0. The topological polar surface area (TPSA) is 3.24 Å². The van der Waals surface area contributed by atoms with Crippen LogP contribution in [0.2, 0.25) is 0 Å². The summed E-state index contributed by atoms with van der Waals surface area (Å²) >= 11 is 0. The Morgan fingerprint density at radius 3 is 1.95 bits per heavy atom. The van der Waals surface area contributed by atoms with Gasteiger partial charge >= 0.3 is 0 Å². The van der Waals surface area contributed by atoms with Crippen LogP contribution < -0.4 is 0 Å². The maximum Gasteiger partial charge on any atom is 0.272 e. The van der Waals surface area contributed by atoms with Crippen molar-refractivity contribution in [2.45, 2.75) is 90.0 Å². The van der Waals surface area contributed by atoms with E-state index in [0.717, 1.165) is 25.7 Å². The maximum atomic E-state index is 13.1. The summed E-state index contributed by atoms with van der Waals surface area (Å²) in [5.41, 5.74) is 0.00387. The van der Waals surface area contributed by atoms with Gasteiger partial charge in [0.2, 0.25) is 0 Å². The first-order valence-corrected chi connectivity index (χ1v) is 8.06. The van der Waals surface area contributed by atoms with E-state index >= 15 is 0 Å². The largest absolute Gasteiger partial charge is 0.286 e. The second-order valence-corrected chi connectivity index (χ2v) is 6.48. The number of hydrogen-bond acceptors (Lipinski definition) is 1. The van der Waals surface area contributed by atoms with E-state index in [9.17, 15) is 8.78 Å². The van der Waals surface area contributed by atoms with Crippen molar-refractivity contribution in [2.75, 3.05) is 13.1 Å². The maximum absolute atomic E-state index is 13.1. The summed E-state index contributed by atoms with van der Waals surface area (Å²) in [5, 5.41) is 0. The molecule has 1 aliphatic heterocycles. The van der Waals surface area contributed by atoms with Crippen molar-refractivity contribution in [3.05, 3.63) is 0 Å². The normalized spacial score (nSPS) is 21.9. The molecule has 1 saturated heterocycles. The Hall–Kier alpha value is -0.180. The van der Waals surface area contributed by atoms with Crippen molar-refractivity contribution in [3.8, 4) is 0 Å². The molecule has 1 rings (SSSR count). The smallest absolute Gasteiger partial charge is 0.272 e. The van der Waals surface area contributed by atoms with Crippen LogP contribution >= 0.6 is 0 Å². The number of rotatable bonds is 10. The van der Waals surface area contributed by atoms with Crippen molar-refractivity contribution < 1.29 is 8.78 Å². The molecule has 0 radical (unpaired) electrons. The molecule has 1 fully saturated rings. The monoisotopic (exact) mass is 275 g/mol. The molecule has 19 heavy (non-hydrogen) atoms. The molecule has 1 nitrogen and oxygen atoms in total. The summed E-state index contributed by atoms with van der Waals surface area (Å²) in [7, 11) is 0. The molecule has 1 heterocycles. The van der Waals surface area contributed by atoms with Crippen LogP contribution in [0.4, 0.5) is 8.78 Å². The average molecular weight is 275 g/mol. The van der Waals surface area contributed by atoms with E-state index in [2.05, 4.69) is 20.8 Å². The molecule has 1 aliphatic rings. The Kier molecular flexibility index (Phi) is 6.72. The van der Waals surface area contributed by atoms with E-state index in [-0.39, 0.29) is 18.6 Å². The highest BCUT2D eigenvalue weighted by molar-refractivity contribution is 4.98. The third kappa shape index (κ3) is 5.37. The molecule has 0 aliphatic carbocycles. The van der Waals surface area contributed by atoms with Crippen molar-refractivity contribution >= 4 is 0 Å². The second-order valence-electron chi connectivity index (χ2n) is 6.48. The molecule has 114 valence electrons. The van der Waals surface area contributed by atoms with Gasteiger partial charge in [-0.15, -0.1) is 0 Å². The van der Waals surface area contributed by atoms with Crippen LogP contribution in [0, 0.1) is 0 Å². The van der Waals surface area contributed by atoms with Gasteiger partial charge in [0.15, 0.2) is 0 Å². The molecular weight excluding hydrogens is 244 g/mol. The van der Waals surface area contributed by atoms with E-state index in [1.807, 2.05) is 4.90 Å². The summed E-state index contributed by atoms with van der Waals surface area (Å²) in [6.45, 7) is 6.53. The van der Waals surface area contributed by atoms with Gasteiger partial charge in [-0.05, 0) is 19.8 Å². The lowest BCUT2D eigenvalue weighted by atomic mass is 9.84. The minimum atomic E-state index is -2.43. The van der Waals surface area contributed by atoms with Gasteiger partial charge in [-0.1, -0.05) is 58.8 Å². The molecule has 0 aromatic heterocycles. The molecule has 1 unspecified atom stereocenters. The fourth-order valence-corrected chi connectivity index (χ4v) is 3.00. The van der Waals surface area contributed by atoms with Crippen molar-refractivity contribution in [3.63, 3.8) is 0 Å². The van der Waals surface area contributed by atoms with Crippen LogP contribution in [0.3, 0.4) is 0 Å². The third-order valence-electron chi connectivity index (χ3n) is 4.50. The molecule has 0 saturated carbocycles. The number of nitrogens with zero attached hydrogens (tertiary/aromatic N) is 1. The van der Waals surface area contributed by atoms with Crippen LogP contribution in [0.25, 0.3) is 0 Å². The first kappa shape index (κ1) is 16.9. The average Bonchev–Trinajstić information content (AvgIpc) is 2.33. The Balaban J connectivity index is 2.37. The number of unbranched alkanes of at least 4 members (excludes halogenated alkanes) is 5. The van der Waals surface area contributed by atoms with Crippen LogP contribution in [-0.2, 0) is 0 Å². The number of likely N-dealkylation sites (tertiary alicyclic amines) is 1. The molecule has 3 heteroatoms. The van der Waals surface area contributed by atoms with E-state index in [4.69, 9.17) is 0 Å². The van der Waals surface area contributed by atoms with Gasteiger partial charge in [-0.25, -0.2) is 8.78 Å². The zero-order valence-corrected chi connectivity index (χ0v) is 13.0. The minimum absolute atomic E-state index is 0.00387. The van der Waals surface area contributed by atoms with E-state index in [1.165, 1.54) is 32.1 Å². The van der Waals surface area contributed by atoms with Crippen LogP contribution in [0.15, 0.2) is 0 Å². The molecule has 0 bridgehead atoms. The van der Waals surface area contributed by atoms with Gasteiger partial charge in [0.25, 0.3) is 5.92 Å². The van der Waals surface area contributed by atoms with Crippen molar-refractivity contribution in [2.24, 2.45) is 0 Å². The van der Waals surface area contributed by atoms with E-state index in [1.54, 1.807) is 0 Å². The predicted octanol–water partition coefficient (Wildman–Crippen LogP) is 5.25. The zero-order valence-electron chi connectivity index (χ0n) is 13.0. The van der Waals surface area contributed by atoms with Gasteiger partial charge in [0.1, 0.15) is 0 Å².